The van der Waals surface area contributed by atoms with Crippen LogP contribution in [0.4, 0.5) is 21.6 Å². The molecular formula is C25H25FN4O4. The number of carbonyl (C=O) groups excluding carboxylic acids is 3. The molecule has 0 spiro atoms. The Morgan fingerprint density at radius 2 is 1.68 bits per heavy atom. The maximum absolute atomic E-state index is 13.9. The van der Waals surface area contributed by atoms with E-state index in [1.165, 1.54) is 30.5 Å². The molecule has 0 atom stereocenters. The number of nitrogens with zero attached hydrogens (tertiary/aromatic N) is 2. The van der Waals surface area contributed by atoms with Gasteiger partial charge in [-0.1, -0.05) is 12.1 Å². The smallest absolute Gasteiger partial charge is 0.342 e. The van der Waals surface area contributed by atoms with E-state index < -0.39 is 24.3 Å². The van der Waals surface area contributed by atoms with Crippen LogP contribution in [-0.2, 0) is 9.53 Å². The zero-order valence-electron chi connectivity index (χ0n) is 18.9. The summed E-state index contributed by atoms with van der Waals surface area (Å²) in [7, 11) is 0. The third-order valence-corrected chi connectivity index (χ3v) is 4.96. The van der Waals surface area contributed by atoms with Crippen LogP contribution < -0.4 is 10.6 Å². The van der Waals surface area contributed by atoms with Crippen LogP contribution in [0.15, 0.2) is 66.9 Å². The van der Waals surface area contributed by atoms with Crippen molar-refractivity contribution < 1.29 is 23.5 Å². The highest BCUT2D eigenvalue weighted by Crippen LogP contribution is 2.21. The lowest BCUT2D eigenvalue weighted by atomic mass is 10.2. The number of pyridine rings is 1. The second-order valence-corrected chi connectivity index (χ2v) is 7.18. The monoisotopic (exact) mass is 464 g/mol. The molecule has 0 saturated heterocycles. The van der Waals surface area contributed by atoms with Gasteiger partial charge in [-0.25, -0.2) is 14.2 Å². The van der Waals surface area contributed by atoms with Crippen LogP contribution in [0.3, 0.4) is 0 Å². The lowest BCUT2D eigenvalue weighted by Crippen LogP contribution is -2.30. The van der Waals surface area contributed by atoms with E-state index in [1.807, 2.05) is 13.8 Å². The van der Waals surface area contributed by atoms with E-state index in [0.717, 1.165) is 0 Å². The average Bonchev–Trinajstić information content (AvgIpc) is 2.85. The number of esters is 1. The van der Waals surface area contributed by atoms with Gasteiger partial charge in [-0.15, -0.1) is 0 Å². The van der Waals surface area contributed by atoms with Crippen LogP contribution in [0.5, 0.6) is 0 Å². The summed E-state index contributed by atoms with van der Waals surface area (Å²) in [4.78, 5) is 42.9. The Morgan fingerprint density at radius 3 is 2.35 bits per heavy atom. The van der Waals surface area contributed by atoms with Crippen LogP contribution >= 0.6 is 0 Å². The number of nitrogens with one attached hydrogen (secondary N) is 2. The highest BCUT2D eigenvalue weighted by molar-refractivity contribution is 5.99. The van der Waals surface area contributed by atoms with Crippen molar-refractivity contribution in [2.75, 3.05) is 30.3 Å². The summed E-state index contributed by atoms with van der Waals surface area (Å²) in [6.07, 6.45) is 1.45. The molecule has 9 heteroatoms. The Morgan fingerprint density at radius 1 is 0.971 bits per heavy atom. The second kappa shape index (κ2) is 11.6. The van der Waals surface area contributed by atoms with E-state index in [1.54, 1.807) is 41.3 Å². The van der Waals surface area contributed by atoms with E-state index >= 15 is 0 Å². The fourth-order valence-electron chi connectivity index (χ4n) is 3.16. The minimum absolute atomic E-state index is 0.0535. The third kappa shape index (κ3) is 6.16. The van der Waals surface area contributed by atoms with Crippen molar-refractivity contribution in [2.45, 2.75) is 13.8 Å². The summed E-state index contributed by atoms with van der Waals surface area (Å²) in [5, 5.41) is 5.37. The molecule has 0 bridgehead atoms. The maximum Gasteiger partial charge on any atom is 0.342 e. The number of anilines is 3. The molecule has 2 aromatic carbocycles. The molecule has 0 aliphatic carbocycles. The summed E-state index contributed by atoms with van der Waals surface area (Å²) < 4.78 is 19.0. The van der Waals surface area contributed by atoms with Crippen molar-refractivity contribution in [1.29, 1.82) is 0 Å². The Balaban J connectivity index is 1.58. The van der Waals surface area contributed by atoms with Gasteiger partial charge in [0.15, 0.2) is 6.61 Å². The lowest BCUT2D eigenvalue weighted by molar-refractivity contribution is -0.119. The average molecular weight is 464 g/mol. The molecule has 1 heterocycles. The van der Waals surface area contributed by atoms with Crippen molar-refractivity contribution in [2.24, 2.45) is 0 Å². The number of rotatable bonds is 9. The predicted octanol–water partition coefficient (Wildman–Crippen LogP) is 4.24. The molecule has 3 rings (SSSR count). The van der Waals surface area contributed by atoms with Gasteiger partial charge >= 0.3 is 5.97 Å². The van der Waals surface area contributed by atoms with Crippen LogP contribution in [0.1, 0.15) is 34.6 Å². The van der Waals surface area contributed by atoms with Crippen LogP contribution in [0.2, 0.25) is 0 Å². The Hall–Kier alpha value is -4.27. The quantitative estimate of drug-likeness (QED) is 0.460. The Kier molecular flexibility index (Phi) is 8.28. The molecule has 2 amide bonds. The van der Waals surface area contributed by atoms with Crippen molar-refractivity contribution in [3.8, 4) is 0 Å². The van der Waals surface area contributed by atoms with E-state index in [2.05, 4.69) is 15.6 Å². The second-order valence-electron chi connectivity index (χ2n) is 7.18. The van der Waals surface area contributed by atoms with Gasteiger partial charge in [0.1, 0.15) is 17.2 Å². The van der Waals surface area contributed by atoms with Gasteiger partial charge < -0.3 is 20.3 Å². The molecular weight excluding hydrogens is 439 g/mol. The summed E-state index contributed by atoms with van der Waals surface area (Å²) in [5.41, 5.74) is 1.17. The number of amides is 2. The summed E-state index contributed by atoms with van der Waals surface area (Å²) in [6.45, 7) is 4.48. The number of aromatic nitrogens is 1. The largest absolute Gasteiger partial charge is 0.452 e. The molecule has 3 aromatic rings. The third-order valence-electron chi connectivity index (χ3n) is 4.96. The molecule has 2 N–H and O–H groups in total. The first-order valence-corrected chi connectivity index (χ1v) is 10.8. The van der Waals surface area contributed by atoms with E-state index in [4.69, 9.17) is 4.74 Å². The molecule has 0 radical (unpaired) electrons. The normalized spacial score (nSPS) is 10.3. The van der Waals surface area contributed by atoms with Crippen molar-refractivity contribution >= 4 is 35.0 Å². The number of benzene rings is 2. The molecule has 0 saturated carbocycles. The lowest BCUT2D eigenvalue weighted by Gasteiger charge is -2.18. The number of carbonyl (C=O) groups is 3. The van der Waals surface area contributed by atoms with Gasteiger partial charge in [0.25, 0.3) is 11.8 Å². The van der Waals surface area contributed by atoms with Crippen LogP contribution in [-0.4, -0.2) is 47.4 Å². The number of halogens is 1. The number of hydrogen-bond acceptors (Lipinski definition) is 6. The first-order valence-electron chi connectivity index (χ1n) is 10.8. The van der Waals surface area contributed by atoms with E-state index in [0.29, 0.717) is 24.3 Å². The standard InChI is InChI=1S/C25H25FN4O4/c1-3-30(4-2)24(32)17-11-13-18(14-12-17)28-22(31)16-34-25(33)19-8-7-15-27-23(19)29-21-10-6-5-9-20(21)26/h5-15H,3-4,16H2,1-2H3,(H,27,29)(H,28,31). The van der Waals surface area contributed by atoms with Gasteiger partial charge in [0.05, 0.1) is 5.69 Å². The first-order chi connectivity index (χ1) is 16.4. The first kappa shape index (κ1) is 24.4. The van der Waals surface area contributed by atoms with Gasteiger partial charge in [0, 0.05) is 30.5 Å². The molecule has 1 aromatic heterocycles. The highest BCUT2D eigenvalue weighted by atomic mass is 19.1. The van der Waals surface area contributed by atoms with Crippen molar-refractivity contribution in [3.05, 3.63) is 83.8 Å². The van der Waals surface area contributed by atoms with Crippen LogP contribution in [0.25, 0.3) is 0 Å². The molecule has 0 aliphatic heterocycles. The Labute approximate surface area is 196 Å². The maximum atomic E-state index is 13.9. The van der Waals surface area contributed by atoms with Gasteiger partial charge in [-0.05, 0) is 62.4 Å². The van der Waals surface area contributed by atoms with E-state index in [-0.39, 0.29) is 23.0 Å². The molecule has 0 aliphatic rings. The van der Waals surface area contributed by atoms with Gasteiger partial charge in [-0.2, -0.15) is 0 Å². The summed E-state index contributed by atoms with van der Waals surface area (Å²) in [5.74, 6) is -1.83. The predicted molar refractivity (Wildman–Crippen MR) is 127 cm³/mol. The SMILES string of the molecule is CCN(CC)C(=O)c1ccc(NC(=O)COC(=O)c2cccnc2Nc2ccccc2F)cc1. The number of ether oxygens (including phenoxy) is 1. The minimum Gasteiger partial charge on any atom is -0.452 e. The fraction of sp³-hybridized carbons (Fsp3) is 0.200. The minimum atomic E-state index is -0.790. The van der Waals surface area contributed by atoms with Gasteiger partial charge in [-0.3, -0.25) is 9.59 Å². The zero-order valence-corrected chi connectivity index (χ0v) is 18.9. The fourth-order valence-corrected chi connectivity index (χ4v) is 3.16. The molecule has 0 unspecified atom stereocenters. The molecule has 0 fully saturated rings. The molecule has 176 valence electrons. The molecule has 34 heavy (non-hydrogen) atoms. The Bertz CT molecular complexity index is 1160. The summed E-state index contributed by atoms with van der Waals surface area (Å²) in [6, 6.07) is 15.4. The van der Waals surface area contributed by atoms with E-state index in [9.17, 15) is 18.8 Å². The topological polar surface area (TPSA) is 101 Å². The van der Waals surface area contributed by atoms with Gasteiger partial charge in [0.2, 0.25) is 0 Å². The summed E-state index contributed by atoms with van der Waals surface area (Å²) >= 11 is 0. The van der Waals surface area contributed by atoms with Crippen LogP contribution in [0, 0.1) is 5.82 Å². The number of para-hydroxylation sites is 1. The number of hydrogen-bond donors (Lipinski definition) is 2. The zero-order chi connectivity index (χ0) is 24.5. The van der Waals surface area contributed by atoms with Crippen molar-refractivity contribution in [3.63, 3.8) is 0 Å². The van der Waals surface area contributed by atoms with Crippen molar-refractivity contribution in [1.82, 2.24) is 9.88 Å². The molecule has 8 nitrogen and oxygen atoms in total. The highest BCUT2D eigenvalue weighted by Gasteiger charge is 2.17.